The van der Waals surface area contributed by atoms with Crippen LogP contribution in [0.4, 0.5) is 0 Å². The van der Waals surface area contributed by atoms with Crippen molar-refractivity contribution in [3.63, 3.8) is 0 Å². The zero-order valence-corrected chi connectivity index (χ0v) is 36.1. The molecule has 0 bridgehead atoms. The second kappa shape index (κ2) is 40.1. The minimum Gasteiger partial charge on any atom is -0.466 e. The Morgan fingerprint density at radius 1 is 0.574 bits per heavy atom. The first-order chi connectivity index (χ1) is 26.6. The molecule has 7 nitrogen and oxygen atoms in total. The van der Waals surface area contributed by atoms with Crippen LogP contribution in [-0.4, -0.2) is 94.8 Å². The smallest absolute Gasteiger partial charge is 0.306 e. The van der Waals surface area contributed by atoms with Gasteiger partial charge in [0.1, 0.15) is 6.10 Å². The van der Waals surface area contributed by atoms with Crippen LogP contribution in [0.15, 0.2) is 0 Å². The fourth-order valence-corrected chi connectivity index (χ4v) is 7.56. The normalized spacial score (nSPS) is 13.6. The molecule has 2 radical (unpaired) electrons. The van der Waals surface area contributed by atoms with Gasteiger partial charge in [-0.2, -0.15) is 0 Å². The molecule has 316 valence electrons. The topological polar surface area (TPSA) is 68.3 Å². The van der Waals surface area contributed by atoms with Crippen molar-refractivity contribution in [2.24, 2.45) is 0 Å². The number of nitrogens with zero attached hydrogens (tertiary/aromatic N) is 2. The number of esters is 2. The van der Waals surface area contributed by atoms with Crippen molar-refractivity contribution in [3.8, 4) is 0 Å². The highest BCUT2D eigenvalue weighted by Crippen LogP contribution is 2.18. The molecule has 0 aromatic rings. The fraction of sp³-hybridized carbons (Fsp3) is 0.957. The summed E-state index contributed by atoms with van der Waals surface area (Å²) in [6.45, 7) is 13.5. The molecule has 0 spiro atoms. The first kappa shape index (κ1) is 50.9. The van der Waals surface area contributed by atoms with Gasteiger partial charge in [-0.3, -0.25) is 14.5 Å². The van der Waals surface area contributed by atoms with Crippen LogP contribution in [0.5, 0.6) is 0 Å². The summed E-state index contributed by atoms with van der Waals surface area (Å²) in [5.41, 5.74) is 0. The maximum atomic E-state index is 12.8. The van der Waals surface area contributed by atoms with Gasteiger partial charge in [-0.25, -0.2) is 0 Å². The zero-order chi connectivity index (χ0) is 39.0. The monoisotopic (exact) mass is 761 g/mol. The maximum absolute atomic E-state index is 12.8. The quantitative estimate of drug-likeness (QED) is 0.0349. The fourth-order valence-electron chi connectivity index (χ4n) is 7.56. The highest BCUT2D eigenvalue weighted by atomic mass is 16.5. The minimum absolute atomic E-state index is 0.0302. The molecule has 1 heterocycles. The van der Waals surface area contributed by atoms with Crippen LogP contribution in [0.2, 0.25) is 6.32 Å². The van der Waals surface area contributed by atoms with Gasteiger partial charge < -0.3 is 19.1 Å². The van der Waals surface area contributed by atoms with E-state index in [4.69, 9.17) is 22.1 Å². The van der Waals surface area contributed by atoms with Crippen LogP contribution in [0.3, 0.4) is 0 Å². The Balaban J connectivity index is 2.25. The molecule has 0 aromatic heterocycles. The Hall–Kier alpha value is -1.12. The number of hydrogen-bond acceptors (Lipinski definition) is 7. The predicted octanol–water partition coefficient (Wildman–Crippen LogP) is 11.8. The highest BCUT2D eigenvalue weighted by molar-refractivity contribution is 6.08. The van der Waals surface area contributed by atoms with E-state index in [0.29, 0.717) is 19.4 Å². The van der Waals surface area contributed by atoms with Gasteiger partial charge in [-0.1, -0.05) is 149 Å². The summed E-state index contributed by atoms with van der Waals surface area (Å²) in [4.78, 5) is 30.1. The van der Waals surface area contributed by atoms with Crippen LogP contribution in [0, 0.1) is 0 Å². The van der Waals surface area contributed by atoms with Crippen LogP contribution < -0.4 is 0 Å². The Bertz CT molecular complexity index is 796. The number of unbranched alkanes of at least 4 members (excludes halogenated alkanes) is 22. The van der Waals surface area contributed by atoms with Crippen molar-refractivity contribution in [2.45, 2.75) is 225 Å². The second-order valence-electron chi connectivity index (χ2n) is 16.3. The van der Waals surface area contributed by atoms with Crippen LogP contribution in [0.25, 0.3) is 0 Å². The van der Waals surface area contributed by atoms with Gasteiger partial charge in [-0.15, -0.1) is 0 Å². The van der Waals surface area contributed by atoms with Gasteiger partial charge in [0.05, 0.1) is 27.7 Å². The highest BCUT2D eigenvalue weighted by Gasteiger charge is 2.15. The van der Waals surface area contributed by atoms with Crippen LogP contribution in [0.1, 0.15) is 213 Å². The summed E-state index contributed by atoms with van der Waals surface area (Å²) in [6, 6.07) is 0. The third kappa shape index (κ3) is 34.2. The third-order valence-electron chi connectivity index (χ3n) is 11.2. The van der Waals surface area contributed by atoms with Crippen molar-refractivity contribution in [2.75, 3.05) is 59.1 Å². The van der Waals surface area contributed by atoms with Gasteiger partial charge >= 0.3 is 11.9 Å². The van der Waals surface area contributed by atoms with Gasteiger partial charge in [-0.05, 0) is 70.9 Å². The SMILES string of the molecule is [B]CCCCCCCOC(=O)CCCCCCCN(CCCCCCCC(=O)OC(CCCCCCCC)CCCCCCCC)CCN1CCOCC1. The average Bonchev–Trinajstić information content (AvgIpc) is 3.18. The van der Waals surface area contributed by atoms with Crippen molar-refractivity contribution in [1.82, 2.24) is 9.80 Å². The van der Waals surface area contributed by atoms with E-state index in [-0.39, 0.29) is 18.0 Å². The molecular formula is C46H89BN2O5. The molecule has 8 heteroatoms. The van der Waals surface area contributed by atoms with Crippen molar-refractivity contribution < 1.29 is 23.8 Å². The number of ether oxygens (including phenoxy) is 3. The molecule has 1 saturated heterocycles. The minimum atomic E-state index is -0.0302. The molecule has 54 heavy (non-hydrogen) atoms. The van der Waals surface area contributed by atoms with Gasteiger partial charge in [0.2, 0.25) is 0 Å². The Kier molecular flexibility index (Phi) is 37.8. The second-order valence-corrected chi connectivity index (χ2v) is 16.3. The molecular weight excluding hydrogens is 671 g/mol. The van der Waals surface area contributed by atoms with Crippen molar-refractivity contribution in [3.05, 3.63) is 0 Å². The van der Waals surface area contributed by atoms with E-state index in [1.807, 2.05) is 0 Å². The molecule has 0 aromatic carbocycles. The summed E-state index contributed by atoms with van der Waals surface area (Å²) < 4.78 is 17.1. The lowest BCUT2D eigenvalue weighted by molar-refractivity contribution is -0.150. The van der Waals surface area contributed by atoms with Crippen molar-refractivity contribution >= 4 is 19.8 Å². The number of carbonyl (C=O) groups excluding carboxylic acids is 2. The number of rotatable bonds is 41. The molecule has 0 aliphatic carbocycles. The molecule has 0 amide bonds. The summed E-state index contributed by atoms with van der Waals surface area (Å²) in [5.74, 6) is 0.00362. The maximum Gasteiger partial charge on any atom is 0.306 e. The van der Waals surface area contributed by atoms with Gasteiger partial charge in [0.25, 0.3) is 0 Å². The predicted molar refractivity (Wildman–Crippen MR) is 230 cm³/mol. The Labute approximate surface area is 336 Å². The Morgan fingerprint density at radius 3 is 1.59 bits per heavy atom. The van der Waals surface area contributed by atoms with E-state index in [2.05, 4.69) is 23.6 Å². The lowest BCUT2D eigenvalue weighted by Gasteiger charge is -2.30. The lowest BCUT2D eigenvalue weighted by atomic mass is 9.99. The number of morpholine rings is 1. The third-order valence-corrected chi connectivity index (χ3v) is 11.2. The lowest BCUT2D eigenvalue weighted by Crippen LogP contribution is -2.41. The molecule has 1 fully saturated rings. The molecule has 0 N–H and O–H groups in total. The molecule has 1 aliphatic heterocycles. The summed E-state index contributed by atoms with van der Waals surface area (Å²) in [7, 11) is 5.54. The average molecular weight is 761 g/mol. The van der Waals surface area contributed by atoms with Gasteiger partial charge in [0, 0.05) is 39.0 Å². The standard InChI is InChI=1S/C46H89BN2O5/c1-3-5-7-9-14-22-30-44(31-23-15-10-8-6-4-2)54-46(51)33-25-17-12-20-28-36-48(37-38-49-39-42-52-43-40-49)35-27-19-11-16-24-32-45(50)53-41-29-21-13-18-26-34-47/h44H,3-43H2,1-2H3. The molecule has 0 unspecified atom stereocenters. The largest absolute Gasteiger partial charge is 0.466 e. The Morgan fingerprint density at radius 2 is 1.04 bits per heavy atom. The summed E-state index contributed by atoms with van der Waals surface area (Å²) >= 11 is 0. The molecule has 1 rings (SSSR count). The van der Waals surface area contributed by atoms with E-state index in [1.54, 1.807) is 0 Å². The first-order valence-corrected chi connectivity index (χ1v) is 23.7. The molecule has 1 aliphatic rings. The van der Waals surface area contributed by atoms with Crippen LogP contribution in [-0.2, 0) is 23.8 Å². The summed E-state index contributed by atoms with van der Waals surface area (Å²) in [5, 5.41) is 0. The van der Waals surface area contributed by atoms with E-state index in [1.165, 1.54) is 128 Å². The zero-order valence-electron chi connectivity index (χ0n) is 36.1. The van der Waals surface area contributed by atoms with Crippen LogP contribution >= 0.6 is 0 Å². The molecule has 0 atom stereocenters. The van der Waals surface area contributed by atoms with E-state index < -0.39 is 0 Å². The van der Waals surface area contributed by atoms with Crippen molar-refractivity contribution in [1.29, 1.82) is 0 Å². The van der Waals surface area contributed by atoms with Gasteiger partial charge in [0.15, 0.2) is 0 Å². The van der Waals surface area contributed by atoms with E-state index in [0.717, 1.165) is 117 Å². The first-order valence-electron chi connectivity index (χ1n) is 23.7. The number of carbonyl (C=O) groups is 2. The number of hydrogen-bond donors (Lipinski definition) is 0. The van der Waals surface area contributed by atoms with E-state index >= 15 is 0 Å². The van der Waals surface area contributed by atoms with E-state index in [9.17, 15) is 9.59 Å². The summed E-state index contributed by atoms with van der Waals surface area (Å²) in [6.07, 6.45) is 36.5. The molecule has 0 saturated carbocycles.